The van der Waals surface area contributed by atoms with Gasteiger partial charge in [-0.25, -0.2) is 0 Å². The predicted molar refractivity (Wildman–Crippen MR) is 119 cm³/mol. The highest BCUT2D eigenvalue weighted by Crippen LogP contribution is 2.34. The quantitative estimate of drug-likeness (QED) is 0.285. The van der Waals surface area contributed by atoms with Crippen molar-refractivity contribution in [2.75, 3.05) is 6.54 Å². The molecule has 0 heterocycles. The highest BCUT2D eigenvalue weighted by atomic mass is 14.8. The molecule has 0 N–H and O–H groups in total. The van der Waals surface area contributed by atoms with Gasteiger partial charge >= 0.3 is 0 Å². The van der Waals surface area contributed by atoms with Crippen molar-refractivity contribution in [3.05, 3.63) is 29.3 Å². The summed E-state index contributed by atoms with van der Waals surface area (Å²) in [5.74, 6) is 0.946. The SMILES string of the molecule is CCCCCCCCN=C(C)C(C)=Nc1c(C(C)C)cccc1C(C)C. The zero-order chi connectivity index (χ0) is 19.5. The Morgan fingerprint density at radius 1 is 0.808 bits per heavy atom. The average molecular weight is 357 g/mol. The zero-order valence-corrected chi connectivity index (χ0v) is 18.2. The highest BCUT2D eigenvalue weighted by molar-refractivity contribution is 6.41. The normalized spacial score (nSPS) is 13.1. The molecule has 1 rings (SSSR count). The molecule has 0 unspecified atom stereocenters. The third-order valence-corrected chi connectivity index (χ3v) is 5.01. The Labute approximate surface area is 162 Å². The van der Waals surface area contributed by atoms with E-state index in [0.717, 1.165) is 23.7 Å². The predicted octanol–water partition coefficient (Wildman–Crippen LogP) is 7.85. The van der Waals surface area contributed by atoms with Crippen LogP contribution in [0.4, 0.5) is 5.69 Å². The molecule has 0 spiro atoms. The topological polar surface area (TPSA) is 24.7 Å². The molecule has 26 heavy (non-hydrogen) atoms. The van der Waals surface area contributed by atoms with Crippen LogP contribution in [0.25, 0.3) is 0 Å². The van der Waals surface area contributed by atoms with E-state index in [0.29, 0.717) is 11.8 Å². The third-order valence-electron chi connectivity index (χ3n) is 5.01. The van der Waals surface area contributed by atoms with E-state index in [2.05, 4.69) is 66.7 Å². The van der Waals surface area contributed by atoms with Gasteiger partial charge in [0.25, 0.3) is 0 Å². The molecule has 0 bridgehead atoms. The third kappa shape index (κ3) is 7.43. The molecular weight excluding hydrogens is 316 g/mol. The highest BCUT2D eigenvalue weighted by Gasteiger charge is 2.13. The minimum absolute atomic E-state index is 0.473. The minimum atomic E-state index is 0.473. The molecule has 0 aliphatic carbocycles. The molecule has 1 aromatic carbocycles. The summed E-state index contributed by atoms with van der Waals surface area (Å²) in [5, 5.41) is 0. The van der Waals surface area contributed by atoms with Gasteiger partial charge in [0.1, 0.15) is 0 Å². The zero-order valence-electron chi connectivity index (χ0n) is 18.2. The van der Waals surface area contributed by atoms with Gasteiger partial charge in [-0.2, -0.15) is 0 Å². The summed E-state index contributed by atoms with van der Waals surface area (Å²) in [6, 6.07) is 6.59. The molecular formula is C24H40N2. The molecule has 0 fully saturated rings. The molecule has 2 heteroatoms. The second-order valence-corrected chi connectivity index (χ2v) is 8.03. The van der Waals surface area contributed by atoms with Crippen LogP contribution in [-0.4, -0.2) is 18.0 Å². The Hall–Kier alpha value is -1.44. The number of benzene rings is 1. The van der Waals surface area contributed by atoms with Crippen LogP contribution in [0.1, 0.15) is 110 Å². The molecule has 0 saturated carbocycles. The molecule has 0 atom stereocenters. The first-order chi connectivity index (χ1) is 12.4. The minimum Gasteiger partial charge on any atom is -0.288 e. The van der Waals surface area contributed by atoms with E-state index < -0.39 is 0 Å². The summed E-state index contributed by atoms with van der Waals surface area (Å²) < 4.78 is 0. The van der Waals surface area contributed by atoms with Gasteiger partial charge < -0.3 is 0 Å². The fourth-order valence-electron chi connectivity index (χ4n) is 3.14. The summed E-state index contributed by atoms with van der Waals surface area (Å²) in [5.41, 5.74) is 5.94. The van der Waals surface area contributed by atoms with E-state index >= 15 is 0 Å². The molecule has 0 saturated heterocycles. The molecule has 0 aliphatic heterocycles. The molecule has 1 aromatic rings. The standard InChI is InChI=1S/C24H40N2/c1-8-9-10-11-12-13-17-25-20(6)21(7)26-24-22(18(2)3)15-14-16-23(24)19(4)5/h14-16,18-19H,8-13,17H2,1-7H3. The number of hydrogen-bond donors (Lipinski definition) is 0. The van der Waals surface area contributed by atoms with Crippen molar-refractivity contribution in [3.8, 4) is 0 Å². The first-order valence-corrected chi connectivity index (χ1v) is 10.6. The van der Waals surface area contributed by atoms with Crippen molar-refractivity contribution in [1.82, 2.24) is 0 Å². The fraction of sp³-hybridized carbons (Fsp3) is 0.667. The van der Waals surface area contributed by atoms with Crippen molar-refractivity contribution < 1.29 is 0 Å². The van der Waals surface area contributed by atoms with E-state index in [1.807, 2.05) is 0 Å². The van der Waals surface area contributed by atoms with Gasteiger partial charge in [0, 0.05) is 6.54 Å². The Morgan fingerprint density at radius 2 is 1.35 bits per heavy atom. The largest absolute Gasteiger partial charge is 0.288 e. The summed E-state index contributed by atoms with van der Waals surface area (Å²) in [4.78, 5) is 9.80. The second kappa shape index (κ2) is 12.0. The first kappa shape index (κ1) is 22.6. The number of para-hydroxylation sites is 1. The Balaban J connectivity index is 2.83. The lowest BCUT2D eigenvalue weighted by Crippen LogP contribution is -2.07. The summed E-state index contributed by atoms with van der Waals surface area (Å²) in [6.45, 7) is 16.4. The van der Waals surface area contributed by atoms with E-state index in [-0.39, 0.29) is 0 Å². The monoisotopic (exact) mass is 356 g/mol. The smallest absolute Gasteiger partial charge is 0.0702 e. The lowest BCUT2D eigenvalue weighted by atomic mass is 9.93. The molecule has 146 valence electrons. The Bertz CT molecular complexity index is 568. The van der Waals surface area contributed by atoms with Gasteiger partial charge in [0.15, 0.2) is 0 Å². The van der Waals surface area contributed by atoms with E-state index in [1.165, 1.54) is 49.7 Å². The van der Waals surface area contributed by atoms with Crippen LogP contribution in [0, 0.1) is 0 Å². The maximum atomic E-state index is 5.03. The summed E-state index contributed by atoms with van der Waals surface area (Å²) in [7, 11) is 0. The van der Waals surface area contributed by atoms with Gasteiger partial charge in [-0.1, -0.05) is 84.9 Å². The molecule has 0 aliphatic rings. The molecule has 0 radical (unpaired) electrons. The number of aliphatic imine (C=N–C) groups is 2. The number of unbranched alkanes of at least 4 members (excludes halogenated alkanes) is 5. The van der Waals surface area contributed by atoms with Crippen molar-refractivity contribution in [3.63, 3.8) is 0 Å². The van der Waals surface area contributed by atoms with Crippen LogP contribution in [0.15, 0.2) is 28.2 Å². The lowest BCUT2D eigenvalue weighted by Gasteiger charge is -2.17. The van der Waals surface area contributed by atoms with Crippen molar-refractivity contribution in [2.24, 2.45) is 9.98 Å². The van der Waals surface area contributed by atoms with Gasteiger partial charge in [0.05, 0.1) is 17.1 Å². The van der Waals surface area contributed by atoms with Crippen LogP contribution in [-0.2, 0) is 0 Å². The maximum absolute atomic E-state index is 5.03. The Morgan fingerprint density at radius 3 is 1.88 bits per heavy atom. The average Bonchev–Trinajstić information content (AvgIpc) is 2.60. The van der Waals surface area contributed by atoms with E-state index in [1.54, 1.807) is 0 Å². The summed E-state index contributed by atoms with van der Waals surface area (Å²) in [6.07, 6.45) is 7.86. The first-order valence-electron chi connectivity index (χ1n) is 10.6. The summed E-state index contributed by atoms with van der Waals surface area (Å²) >= 11 is 0. The molecule has 0 amide bonds. The van der Waals surface area contributed by atoms with E-state index in [9.17, 15) is 0 Å². The van der Waals surface area contributed by atoms with Crippen LogP contribution in [0.5, 0.6) is 0 Å². The fourth-order valence-corrected chi connectivity index (χ4v) is 3.14. The maximum Gasteiger partial charge on any atom is 0.0702 e. The van der Waals surface area contributed by atoms with Crippen molar-refractivity contribution >= 4 is 17.1 Å². The van der Waals surface area contributed by atoms with Crippen LogP contribution in [0.3, 0.4) is 0 Å². The Kier molecular flexibility index (Phi) is 10.5. The molecule has 0 aromatic heterocycles. The van der Waals surface area contributed by atoms with Crippen LogP contribution >= 0.6 is 0 Å². The number of nitrogens with zero attached hydrogens (tertiary/aromatic N) is 2. The van der Waals surface area contributed by atoms with Crippen LogP contribution < -0.4 is 0 Å². The number of hydrogen-bond acceptors (Lipinski definition) is 2. The lowest BCUT2D eigenvalue weighted by molar-refractivity contribution is 0.612. The van der Waals surface area contributed by atoms with Gasteiger partial charge in [0.2, 0.25) is 0 Å². The van der Waals surface area contributed by atoms with Gasteiger partial charge in [-0.3, -0.25) is 9.98 Å². The second-order valence-electron chi connectivity index (χ2n) is 8.03. The van der Waals surface area contributed by atoms with Gasteiger partial charge in [-0.15, -0.1) is 0 Å². The van der Waals surface area contributed by atoms with E-state index in [4.69, 9.17) is 9.98 Å². The van der Waals surface area contributed by atoms with Crippen molar-refractivity contribution in [1.29, 1.82) is 0 Å². The number of rotatable bonds is 11. The van der Waals surface area contributed by atoms with Gasteiger partial charge in [-0.05, 0) is 43.2 Å². The van der Waals surface area contributed by atoms with Crippen molar-refractivity contribution in [2.45, 2.75) is 98.8 Å². The molecule has 2 nitrogen and oxygen atoms in total. The van der Waals surface area contributed by atoms with Crippen LogP contribution in [0.2, 0.25) is 0 Å².